The van der Waals surface area contributed by atoms with Gasteiger partial charge in [0, 0.05) is 4.47 Å². The molecule has 1 aromatic carbocycles. The molecule has 0 aromatic heterocycles. The van der Waals surface area contributed by atoms with E-state index in [0.29, 0.717) is 16.5 Å². The Balaban J connectivity index is 3.43. The molecule has 0 aliphatic carbocycles. The van der Waals surface area contributed by atoms with E-state index in [1.54, 1.807) is 38.1 Å². The van der Waals surface area contributed by atoms with Gasteiger partial charge in [-0.05, 0) is 38.3 Å². The first-order chi connectivity index (χ1) is 9.86. The van der Waals surface area contributed by atoms with Crippen molar-refractivity contribution < 1.29 is 19.4 Å². The normalized spacial score (nSPS) is 13.3. The fraction of sp³-hybridized carbons (Fsp3) is 0.375. The first-order valence-corrected chi connectivity index (χ1v) is 7.45. The molecule has 1 N–H and O–H groups in total. The molecular weight excluding hydrogens is 336 g/mol. The number of halogens is 1. The fourth-order valence-electron chi connectivity index (χ4n) is 2.12. The highest BCUT2D eigenvalue weighted by Crippen LogP contribution is 2.37. The van der Waals surface area contributed by atoms with Crippen LogP contribution < -0.4 is 0 Å². The van der Waals surface area contributed by atoms with E-state index in [0.717, 1.165) is 5.57 Å². The monoisotopic (exact) mass is 354 g/mol. The third-order valence-electron chi connectivity index (χ3n) is 3.25. The van der Waals surface area contributed by atoms with E-state index in [2.05, 4.69) is 22.5 Å². The van der Waals surface area contributed by atoms with Crippen LogP contribution >= 0.6 is 15.9 Å². The number of carbonyl (C=O) groups excluding carboxylic acids is 1. The third kappa shape index (κ3) is 3.73. The minimum atomic E-state index is -1.73. The number of hydrogen-bond acceptors (Lipinski definition) is 3. The summed E-state index contributed by atoms with van der Waals surface area (Å²) in [5.74, 6) is -1.96. The molecule has 0 radical (unpaired) electrons. The van der Waals surface area contributed by atoms with Crippen molar-refractivity contribution in [2.24, 2.45) is 0 Å². The van der Waals surface area contributed by atoms with Gasteiger partial charge < -0.3 is 9.84 Å². The summed E-state index contributed by atoms with van der Waals surface area (Å²) < 4.78 is 5.61. The molecule has 0 aliphatic heterocycles. The van der Waals surface area contributed by atoms with Crippen molar-refractivity contribution in [2.45, 2.75) is 32.1 Å². The SMILES string of the molecule is C=C(C)CCC(C(=O)O)(C(=O)OCC)c1ccccc1Br. The number of rotatable bonds is 7. The molecule has 1 rings (SSSR count). The minimum absolute atomic E-state index is 0.110. The minimum Gasteiger partial charge on any atom is -0.480 e. The number of carbonyl (C=O) groups is 2. The predicted octanol–water partition coefficient (Wildman–Crippen LogP) is 3.69. The van der Waals surface area contributed by atoms with Crippen LogP contribution in [0.1, 0.15) is 32.3 Å². The second-order valence-electron chi connectivity index (χ2n) is 4.87. The van der Waals surface area contributed by atoms with Gasteiger partial charge in [-0.1, -0.05) is 39.7 Å². The summed E-state index contributed by atoms with van der Waals surface area (Å²) in [6.45, 7) is 7.37. The van der Waals surface area contributed by atoms with Crippen molar-refractivity contribution in [2.75, 3.05) is 6.61 Å². The quantitative estimate of drug-likeness (QED) is 0.460. The van der Waals surface area contributed by atoms with Gasteiger partial charge in [0.2, 0.25) is 0 Å². The standard InChI is InChI=1S/C16H19BrO4/c1-4-21-15(20)16(14(18)19,10-9-11(2)3)12-7-5-6-8-13(12)17/h5-8H,2,4,9-10H2,1,3H3,(H,18,19). The van der Waals surface area contributed by atoms with Gasteiger partial charge in [0.05, 0.1) is 6.61 Å². The molecule has 1 unspecified atom stereocenters. The van der Waals surface area contributed by atoms with Gasteiger partial charge in [0.25, 0.3) is 0 Å². The second-order valence-corrected chi connectivity index (χ2v) is 5.72. The molecule has 1 atom stereocenters. The molecule has 0 saturated heterocycles. The zero-order valence-electron chi connectivity index (χ0n) is 12.2. The average Bonchev–Trinajstić information content (AvgIpc) is 2.41. The molecule has 0 fully saturated rings. The summed E-state index contributed by atoms with van der Waals surface area (Å²) in [5.41, 5.74) is -0.510. The Morgan fingerprint density at radius 1 is 1.38 bits per heavy atom. The summed E-state index contributed by atoms with van der Waals surface area (Å²) in [4.78, 5) is 24.4. The number of hydrogen-bond donors (Lipinski definition) is 1. The highest BCUT2D eigenvalue weighted by atomic mass is 79.9. The van der Waals surface area contributed by atoms with Crippen molar-refractivity contribution in [1.29, 1.82) is 0 Å². The van der Waals surface area contributed by atoms with Crippen LogP contribution in [-0.4, -0.2) is 23.7 Å². The number of carboxylic acids is 1. The maximum absolute atomic E-state index is 12.4. The second kappa shape index (κ2) is 7.41. The number of benzene rings is 1. The van der Waals surface area contributed by atoms with Crippen LogP contribution in [0.4, 0.5) is 0 Å². The van der Waals surface area contributed by atoms with Gasteiger partial charge in [-0.15, -0.1) is 6.58 Å². The molecule has 0 heterocycles. The molecule has 5 heteroatoms. The zero-order valence-corrected chi connectivity index (χ0v) is 13.8. The van der Waals surface area contributed by atoms with Crippen molar-refractivity contribution >= 4 is 27.9 Å². The molecule has 0 amide bonds. The van der Waals surface area contributed by atoms with Crippen LogP contribution in [0.3, 0.4) is 0 Å². The molecule has 0 bridgehead atoms. The molecule has 0 spiro atoms. The summed E-state index contributed by atoms with van der Waals surface area (Å²) in [6, 6.07) is 6.82. The number of aliphatic carboxylic acids is 1. The fourth-order valence-corrected chi connectivity index (χ4v) is 2.74. The van der Waals surface area contributed by atoms with Gasteiger partial charge in [-0.25, -0.2) is 0 Å². The summed E-state index contributed by atoms with van der Waals surface area (Å²) in [7, 11) is 0. The molecule has 1 aromatic rings. The van der Waals surface area contributed by atoms with Crippen molar-refractivity contribution in [3.8, 4) is 0 Å². The van der Waals surface area contributed by atoms with E-state index in [1.165, 1.54) is 0 Å². The highest BCUT2D eigenvalue weighted by molar-refractivity contribution is 9.10. The van der Waals surface area contributed by atoms with Crippen LogP contribution in [0, 0.1) is 0 Å². The first-order valence-electron chi connectivity index (χ1n) is 6.66. The van der Waals surface area contributed by atoms with Gasteiger partial charge in [0.1, 0.15) is 0 Å². The Kier molecular flexibility index (Phi) is 6.15. The van der Waals surface area contributed by atoms with Crippen molar-refractivity contribution in [3.63, 3.8) is 0 Å². The number of allylic oxidation sites excluding steroid dienone is 1. The Hall–Kier alpha value is -1.62. The largest absolute Gasteiger partial charge is 0.480 e. The van der Waals surface area contributed by atoms with Crippen LogP contribution in [0.25, 0.3) is 0 Å². The lowest BCUT2D eigenvalue weighted by Crippen LogP contribution is -2.45. The van der Waals surface area contributed by atoms with Crippen LogP contribution in [0.15, 0.2) is 40.9 Å². The van der Waals surface area contributed by atoms with Crippen molar-refractivity contribution in [3.05, 3.63) is 46.5 Å². The topological polar surface area (TPSA) is 63.6 Å². The van der Waals surface area contributed by atoms with Gasteiger partial charge >= 0.3 is 11.9 Å². The smallest absolute Gasteiger partial charge is 0.328 e. The van der Waals surface area contributed by atoms with Crippen molar-refractivity contribution in [1.82, 2.24) is 0 Å². The van der Waals surface area contributed by atoms with Gasteiger partial charge in [-0.3, -0.25) is 9.59 Å². The van der Waals surface area contributed by atoms with E-state index in [1.807, 2.05) is 0 Å². The van der Waals surface area contributed by atoms with Crippen LogP contribution in [-0.2, 0) is 19.7 Å². The lowest BCUT2D eigenvalue weighted by molar-refractivity contribution is -0.162. The Morgan fingerprint density at radius 2 is 2.00 bits per heavy atom. The van der Waals surface area contributed by atoms with E-state index < -0.39 is 17.4 Å². The average molecular weight is 355 g/mol. The maximum Gasteiger partial charge on any atom is 0.328 e. The van der Waals surface area contributed by atoms with E-state index in [4.69, 9.17) is 4.74 Å². The van der Waals surface area contributed by atoms with Crippen LogP contribution in [0.2, 0.25) is 0 Å². The molecule has 0 aliphatic rings. The summed E-state index contributed by atoms with van der Waals surface area (Å²) in [6.07, 6.45) is 0.533. The van der Waals surface area contributed by atoms with E-state index >= 15 is 0 Å². The molecule has 21 heavy (non-hydrogen) atoms. The number of ether oxygens (including phenoxy) is 1. The lowest BCUT2D eigenvalue weighted by atomic mass is 9.76. The molecule has 114 valence electrons. The predicted molar refractivity (Wildman–Crippen MR) is 84.1 cm³/mol. The Morgan fingerprint density at radius 3 is 2.48 bits per heavy atom. The third-order valence-corrected chi connectivity index (χ3v) is 3.94. The van der Waals surface area contributed by atoms with Crippen LogP contribution in [0.5, 0.6) is 0 Å². The van der Waals surface area contributed by atoms with E-state index in [9.17, 15) is 14.7 Å². The number of esters is 1. The lowest BCUT2D eigenvalue weighted by Gasteiger charge is -2.28. The highest BCUT2D eigenvalue weighted by Gasteiger charge is 2.50. The van der Waals surface area contributed by atoms with E-state index in [-0.39, 0.29) is 13.0 Å². The molecule has 0 saturated carbocycles. The number of carboxylic acid groups (broad SMARTS) is 1. The molecule has 4 nitrogen and oxygen atoms in total. The maximum atomic E-state index is 12.4. The first kappa shape index (κ1) is 17.4. The molecular formula is C16H19BrO4. The summed E-state index contributed by atoms with van der Waals surface area (Å²) in [5, 5.41) is 9.76. The summed E-state index contributed by atoms with van der Waals surface area (Å²) >= 11 is 3.33. The Bertz CT molecular complexity index is 553. The Labute approximate surface area is 132 Å². The van der Waals surface area contributed by atoms with Gasteiger partial charge in [-0.2, -0.15) is 0 Å². The van der Waals surface area contributed by atoms with Gasteiger partial charge in [0.15, 0.2) is 5.41 Å². The zero-order chi connectivity index (χ0) is 16.0.